The third kappa shape index (κ3) is 2.97. The molecule has 0 saturated carbocycles. The molecule has 0 aliphatic heterocycles. The highest BCUT2D eigenvalue weighted by Gasteiger charge is 2.11. The topological polar surface area (TPSA) is 71.5 Å². The number of carboxylic acid groups (broad SMARTS) is 1. The fraction of sp³-hybridized carbons (Fsp3) is 0.200. The molecule has 5 nitrogen and oxygen atoms in total. The van der Waals surface area contributed by atoms with Crippen LogP contribution < -0.4 is 5.48 Å². The fourth-order valence-corrected chi connectivity index (χ4v) is 0.953. The van der Waals surface area contributed by atoms with Crippen molar-refractivity contribution in [3.63, 3.8) is 0 Å². The molecule has 15 heavy (non-hydrogen) atoms. The minimum Gasteiger partial charge on any atom is -0.478 e. The van der Waals surface area contributed by atoms with Crippen molar-refractivity contribution in [1.82, 2.24) is 4.98 Å². The monoisotopic (exact) mass is 206 g/mol. The second-order valence-electron chi connectivity index (χ2n) is 2.75. The zero-order valence-corrected chi connectivity index (χ0v) is 8.15. The summed E-state index contributed by atoms with van der Waals surface area (Å²) in [6, 6.07) is 3.06. The Hall–Kier alpha value is -2.06. The van der Waals surface area contributed by atoms with Gasteiger partial charge in [-0.05, 0) is 19.1 Å². The number of aromatic nitrogens is 1. The molecule has 0 aliphatic rings. The van der Waals surface area contributed by atoms with Crippen LogP contribution >= 0.6 is 0 Å². The van der Waals surface area contributed by atoms with Gasteiger partial charge < -0.3 is 5.11 Å². The standard InChI is InChI=1S/C10H10N2O3/c1-3-6-15-12-9-8(10(13)14)5-4-7(2)11-9/h1,4-5H,6H2,2H3,(H,11,12)(H,13,14). The molecule has 0 radical (unpaired) electrons. The number of aromatic carboxylic acids is 1. The van der Waals surface area contributed by atoms with Crippen LogP contribution in [0, 0.1) is 19.3 Å². The Bertz CT molecular complexity index is 410. The number of hydrogen-bond donors (Lipinski definition) is 2. The zero-order valence-electron chi connectivity index (χ0n) is 8.15. The summed E-state index contributed by atoms with van der Waals surface area (Å²) in [7, 11) is 0. The van der Waals surface area contributed by atoms with Crippen LogP contribution in [0.25, 0.3) is 0 Å². The summed E-state index contributed by atoms with van der Waals surface area (Å²) in [5, 5.41) is 8.84. The first-order valence-corrected chi connectivity index (χ1v) is 4.17. The van der Waals surface area contributed by atoms with E-state index < -0.39 is 5.97 Å². The van der Waals surface area contributed by atoms with E-state index in [0.717, 1.165) is 0 Å². The highest BCUT2D eigenvalue weighted by Crippen LogP contribution is 2.13. The Labute approximate surface area is 87.0 Å². The first kappa shape index (κ1) is 11.0. The quantitative estimate of drug-likeness (QED) is 0.438. The fourth-order valence-electron chi connectivity index (χ4n) is 0.953. The van der Waals surface area contributed by atoms with Gasteiger partial charge in [-0.3, -0.25) is 4.84 Å². The maximum atomic E-state index is 10.8. The summed E-state index contributed by atoms with van der Waals surface area (Å²) >= 11 is 0. The second-order valence-corrected chi connectivity index (χ2v) is 2.75. The van der Waals surface area contributed by atoms with Crippen molar-refractivity contribution in [1.29, 1.82) is 0 Å². The van der Waals surface area contributed by atoms with Gasteiger partial charge in [0, 0.05) is 5.69 Å². The average molecular weight is 206 g/mol. The molecule has 0 saturated heterocycles. The van der Waals surface area contributed by atoms with Crippen molar-refractivity contribution in [3.8, 4) is 12.3 Å². The van der Waals surface area contributed by atoms with Gasteiger partial charge in [-0.25, -0.2) is 15.3 Å². The van der Waals surface area contributed by atoms with Gasteiger partial charge in [0.2, 0.25) is 0 Å². The molecule has 2 N–H and O–H groups in total. The highest BCUT2D eigenvalue weighted by atomic mass is 16.6. The lowest BCUT2D eigenvalue weighted by Gasteiger charge is -2.07. The molecule has 0 atom stereocenters. The van der Waals surface area contributed by atoms with E-state index in [-0.39, 0.29) is 18.0 Å². The van der Waals surface area contributed by atoms with Gasteiger partial charge in [-0.1, -0.05) is 5.92 Å². The van der Waals surface area contributed by atoms with Crippen LogP contribution in [-0.2, 0) is 4.84 Å². The number of rotatable bonds is 4. The summed E-state index contributed by atoms with van der Waals surface area (Å²) < 4.78 is 0. The van der Waals surface area contributed by atoms with Crippen molar-refractivity contribution in [2.75, 3.05) is 12.1 Å². The summed E-state index contributed by atoms with van der Waals surface area (Å²) in [5.74, 6) is 1.32. The van der Waals surface area contributed by atoms with Gasteiger partial charge in [-0.15, -0.1) is 6.42 Å². The van der Waals surface area contributed by atoms with Crippen LogP contribution in [0.2, 0.25) is 0 Å². The number of terminal acetylenes is 1. The van der Waals surface area contributed by atoms with E-state index in [2.05, 4.69) is 16.4 Å². The molecular formula is C10H10N2O3. The van der Waals surface area contributed by atoms with Crippen LogP contribution in [0.5, 0.6) is 0 Å². The number of anilines is 1. The Morgan fingerprint density at radius 2 is 2.47 bits per heavy atom. The van der Waals surface area contributed by atoms with Crippen LogP contribution in [0.1, 0.15) is 16.1 Å². The molecule has 1 heterocycles. The highest BCUT2D eigenvalue weighted by molar-refractivity contribution is 5.92. The number of nitrogens with one attached hydrogen (secondary N) is 1. The second kappa shape index (κ2) is 4.98. The molecule has 0 aromatic carbocycles. The smallest absolute Gasteiger partial charge is 0.339 e. The molecule has 1 rings (SSSR count). The summed E-state index contributed by atoms with van der Waals surface area (Å²) in [4.78, 5) is 19.6. The molecule has 1 aromatic heterocycles. The van der Waals surface area contributed by atoms with Crippen LogP contribution in [-0.4, -0.2) is 22.7 Å². The number of nitrogens with zero attached hydrogens (tertiary/aromatic N) is 1. The van der Waals surface area contributed by atoms with E-state index in [0.29, 0.717) is 5.69 Å². The Morgan fingerprint density at radius 3 is 3.07 bits per heavy atom. The molecular weight excluding hydrogens is 196 g/mol. The zero-order chi connectivity index (χ0) is 11.3. The van der Waals surface area contributed by atoms with Gasteiger partial charge >= 0.3 is 5.97 Å². The molecule has 5 heteroatoms. The lowest BCUT2D eigenvalue weighted by molar-refractivity contribution is 0.0696. The van der Waals surface area contributed by atoms with Gasteiger partial charge in [0.05, 0.1) is 0 Å². The predicted octanol–water partition coefficient (Wildman–Crippen LogP) is 1.06. The lowest BCUT2D eigenvalue weighted by atomic mass is 10.2. The van der Waals surface area contributed by atoms with Crippen molar-refractivity contribution in [2.24, 2.45) is 0 Å². The first-order valence-electron chi connectivity index (χ1n) is 4.17. The summed E-state index contributed by atoms with van der Waals surface area (Å²) in [6.07, 6.45) is 4.97. The minimum atomic E-state index is -1.07. The summed E-state index contributed by atoms with van der Waals surface area (Å²) in [5.41, 5.74) is 3.13. The van der Waals surface area contributed by atoms with Gasteiger partial charge in [-0.2, -0.15) is 0 Å². The number of carbonyl (C=O) groups is 1. The van der Waals surface area contributed by atoms with Crippen LogP contribution in [0.4, 0.5) is 5.82 Å². The minimum absolute atomic E-state index is 0.0364. The normalized spacial score (nSPS) is 9.33. The number of pyridine rings is 1. The van der Waals surface area contributed by atoms with E-state index in [9.17, 15) is 4.79 Å². The van der Waals surface area contributed by atoms with E-state index in [1.807, 2.05) is 0 Å². The molecule has 0 amide bonds. The van der Waals surface area contributed by atoms with Gasteiger partial charge in [0.25, 0.3) is 0 Å². The molecule has 0 fully saturated rings. The predicted molar refractivity (Wildman–Crippen MR) is 54.3 cm³/mol. The van der Waals surface area contributed by atoms with Crippen LogP contribution in [0.15, 0.2) is 12.1 Å². The molecule has 0 aliphatic carbocycles. The lowest BCUT2D eigenvalue weighted by Crippen LogP contribution is -2.09. The molecule has 78 valence electrons. The van der Waals surface area contributed by atoms with Crippen molar-refractivity contribution < 1.29 is 14.7 Å². The SMILES string of the molecule is C#CCONc1nc(C)ccc1C(=O)O. The Kier molecular flexibility index (Phi) is 3.66. The third-order valence-corrected chi connectivity index (χ3v) is 1.59. The number of carboxylic acids is 1. The molecule has 0 unspecified atom stereocenters. The number of hydrogen-bond acceptors (Lipinski definition) is 4. The summed E-state index contributed by atoms with van der Waals surface area (Å²) in [6.45, 7) is 1.78. The maximum Gasteiger partial charge on any atom is 0.339 e. The molecule has 0 spiro atoms. The van der Waals surface area contributed by atoms with E-state index in [1.54, 1.807) is 13.0 Å². The molecule has 0 bridgehead atoms. The maximum absolute atomic E-state index is 10.8. The largest absolute Gasteiger partial charge is 0.478 e. The van der Waals surface area contributed by atoms with E-state index in [4.69, 9.17) is 16.4 Å². The third-order valence-electron chi connectivity index (χ3n) is 1.59. The van der Waals surface area contributed by atoms with Crippen molar-refractivity contribution in [2.45, 2.75) is 6.92 Å². The van der Waals surface area contributed by atoms with Gasteiger partial charge in [0.1, 0.15) is 12.2 Å². The van der Waals surface area contributed by atoms with Gasteiger partial charge in [0.15, 0.2) is 5.82 Å². The van der Waals surface area contributed by atoms with E-state index in [1.165, 1.54) is 6.07 Å². The van der Waals surface area contributed by atoms with Crippen molar-refractivity contribution >= 4 is 11.8 Å². The molecule has 1 aromatic rings. The van der Waals surface area contributed by atoms with Crippen molar-refractivity contribution in [3.05, 3.63) is 23.4 Å². The van der Waals surface area contributed by atoms with E-state index >= 15 is 0 Å². The Balaban J connectivity index is 2.88. The first-order chi connectivity index (χ1) is 7.15. The average Bonchev–Trinajstić information content (AvgIpc) is 2.18. The van der Waals surface area contributed by atoms with Crippen LogP contribution in [0.3, 0.4) is 0 Å². The number of aryl methyl sites for hydroxylation is 1. The Morgan fingerprint density at radius 1 is 1.73 bits per heavy atom.